The molecule has 1 heterocycles. The minimum Gasteiger partial charge on any atom is -0.507 e. The number of halogens is 1. The van der Waals surface area contributed by atoms with E-state index in [4.69, 9.17) is 11.6 Å². The van der Waals surface area contributed by atoms with E-state index in [0.29, 0.717) is 22.2 Å². The maximum absolute atomic E-state index is 12.0. The number of rotatable bonds is 4. The summed E-state index contributed by atoms with van der Waals surface area (Å²) in [5, 5.41) is 21.2. The van der Waals surface area contributed by atoms with E-state index >= 15 is 0 Å². The Morgan fingerprint density at radius 1 is 1.21 bits per heavy atom. The summed E-state index contributed by atoms with van der Waals surface area (Å²) in [6, 6.07) is 14.2. The molecule has 1 atom stereocenters. The summed E-state index contributed by atoms with van der Waals surface area (Å²) in [7, 11) is 0. The first-order valence-electron chi connectivity index (χ1n) is 7.23. The molecule has 122 valence electrons. The Morgan fingerprint density at radius 2 is 1.96 bits per heavy atom. The van der Waals surface area contributed by atoms with Crippen molar-refractivity contribution in [2.24, 2.45) is 10.2 Å². The van der Waals surface area contributed by atoms with Gasteiger partial charge in [-0.1, -0.05) is 47.6 Å². The highest BCUT2D eigenvalue weighted by Gasteiger charge is 2.30. The maximum atomic E-state index is 12.0. The third kappa shape index (κ3) is 4.15. The largest absolute Gasteiger partial charge is 0.507 e. The van der Waals surface area contributed by atoms with E-state index < -0.39 is 0 Å². The van der Waals surface area contributed by atoms with Crippen molar-refractivity contribution in [1.82, 2.24) is 5.32 Å². The molecule has 0 saturated carbocycles. The number of phenols is 1. The van der Waals surface area contributed by atoms with Crippen molar-refractivity contribution < 1.29 is 9.90 Å². The molecule has 0 unspecified atom stereocenters. The fourth-order valence-electron chi connectivity index (χ4n) is 2.16. The summed E-state index contributed by atoms with van der Waals surface area (Å²) in [6.45, 7) is 0. The van der Waals surface area contributed by atoms with Gasteiger partial charge in [-0.2, -0.15) is 5.10 Å². The van der Waals surface area contributed by atoms with Gasteiger partial charge in [0.1, 0.15) is 5.75 Å². The fraction of sp³-hybridized carbons (Fsp3) is 0.118. The zero-order valence-electron chi connectivity index (χ0n) is 12.5. The van der Waals surface area contributed by atoms with Gasteiger partial charge in [-0.25, -0.2) is 0 Å². The normalized spacial score (nSPS) is 19.1. The number of amidine groups is 1. The fourth-order valence-corrected chi connectivity index (χ4v) is 3.25. The van der Waals surface area contributed by atoms with Crippen molar-refractivity contribution in [3.05, 3.63) is 64.7 Å². The van der Waals surface area contributed by atoms with E-state index in [0.717, 1.165) is 5.56 Å². The average Bonchev–Trinajstić information content (AvgIpc) is 2.91. The Bertz CT molecular complexity index is 806. The topological polar surface area (TPSA) is 74.0 Å². The van der Waals surface area contributed by atoms with Gasteiger partial charge in [0, 0.05) is 10.6 Å². The van der Waals surface area contributed by atoms with Crippen molar-refractivity contribution >= 4 is 40.7 Å². The standard InChI is InChI=1S/C17H14ClN3O2S/c18-13-7-5-11(6-8-13)9-15-16(23)20-17(24-15)21-19-10-12-3-1-2-4-14(12)22/h1-8,10,15,22H,9H2,(H,20,21,23)/b19-10+/t15-/m1/s1. The van der Waals surface area contributed by atoms with Crippen molar-refractivity contribution in [2.75, 3.05) is 0 Å². The van der Waals surface area contributed by atoms with Crippen LogP contribution in [0.25, 0.3) is 0 Å². The highest BCUT2D eigenvalue weighted by molar-refractivity contribution is 8.15. The molecule has 0 spiro atoms. The molecule has 2 N–H and O–H groups in total. The molecule has 0 radical (unpaired) electrons. The highest BCUT2D eigenvalue weighted by Crippen LogP contribution is 2.24. The van der Waals surface area contributed by atoms with Crippen LogP contribution in [-0.4, -0.2) is 27.6 Å². The molecule has 0 aliphatic carbocycles. The molecule has 1 aliphatic rings. The van der Waals surface area contributed by atoms with Gasteiger partial charge in [-0.15, -0.1) is 5.10 Å². The average molecular weight is 360 g/mol. The van der Waals surface area contributed by atoms with Crippen LogP contribution >= 0.6 is 23.4 Å². The van der Waals surface area contributed by atoms with Crippen molar-refractivity contribution in [3.63, 3.8) is 0 Å². The van der Waals surface area contributed by atoms with Crippen molar-refractivity contribution in [2.45, 2.75) is 11.7 Å². The first-order valence-corrected chi connectivity index (χ1v) is 8.48. The summed E-state index contributed by atoms with van der Waals surface area (Å²) >= 11 is 7.20. The number of aromatic hydroxyl groups is 1. The van der Waals surface area contributed by atoms with Gasteiger partial charge in [0.25, 0.3) is 0 Å². The number of amides is 1. The molecule has 1 amide bonds. The van der Waals surface area contributed by atoms with Gasteiger partial charge >= 0.3 is 0 Å². The Hall–Kier alpha value is -2.31. The summed E-state index contributed by atoms with van der Waals surface area (Å²) in [4.78, 5) is 12.0. The Labute approximate surface area is 148 Å². The number of carbonyl (C=O) groups is 1. The van der Waals surface area contributed by atoms with Gasteiger partial charge in [-0.05, 0) is 36.2 Å². The summed E-state index contributed by atoms with van der Waals surface area (Å²) in [6.07, 6.45) is 2.04. The number of thioether (sulfide) groups is 1. The monoisotopic (exact) mass is 359 g/mol. The van der Waals surface area contributed by atoms with Crippen LogP contribution in [0.4, 0.5) is 0 Å². The number of nitrogens with zero attached hydrogens (tertiary/aromatic N) is 2. The van der Waals surface area contributed by atoms with Crippen LogP contribution in [0.5, 0.6) is 5.75 Å². The minimum absolute atomic E-state index is 0.0912. The molecule has 1 aliphatic heterocycles. The number of carbonyl (C=O) groups excluding carboxylic acids is 1. The second kappa shape index (κ2) is 7.51. The van der Waals surface area contributed by atoms with Gasteiger partial charge in [0.2, 0.25) is 5.91 Å². The van der Waals surface area contributed by atoms with E-state index in [2.05, 4.69) is 15.5 Å². The van der Waals surface area contributed by atoms with Crippen molar-refractivity contribution in [1.29, 1.82) is 0 Å². The zero-order chi connectivity index (χ0) is 16.9. The number of para-hydroxylation sites is 1. The van der Waals surface area contributed by atoms with Crippen LogP contribution < -0.4 is 5.32 Å². The third-order valence-electron chi connectivity index (χ3n) is 3.39. The predicted octanol–water partition coefficient (Wildman–Crippen LogP) is 3.21. The number of phenolic OH excluding ortho intramolecular Hbond substituents is 1. The van der Waals surface area contributed by atoms with Crippen LogP contribution in [0.15, 0.2) is 58.7 Å². The number of hydrogen-bond acceptors (Lipinski definition) is 5. The molecular weight excluding hydrogens is 346 g/mol. The smallest absolute Gasteiger partial charge is 0.239 e. The second-order valence-electron chi connectivity index (χ2n) is 5.13. The summed E-state index contributed by atoms with van der Waals surface area (Å²) < 4.78 is 0. The SMILES string of the molecule is O=C1N/C(=N/N=C/c2ccccc2O)S[C@@H]1Cc1ccc(Cl)cc1. The van der Waals surface area contributed by atoms with E-state index in [9.17, 15) is 9.90 Å². The highest BCUT2D eigenvalue weighted by atomic mass is 35.5. The van der Waals surface area contributed by atoms with Crippen LogP contribution in [-0.2, 0) is 11.2 Å². The number of nitrogens with one attached hydrogen (secondary N) is 1. The third-order valence-corrected chi connectivity index (χ3v) is 4.72. The molecule has 1 fully saturated rings. The molecular formula is C17H14ClN3O2S. The van der Waals surface area contributed by atoms with Crippen molar-refractivity contribution in [3.8, 4) is 5.75 Å². The minimum atomic E-state index is -0.245. The molecule has 3 rings (SSSR count). The van der Waals surface area contributed by atoms with Gasteiger partial charge in [0.05, 0.1) is 11.5 Å². The molecule has 1 saturated heterocycles. The van der Waals surface area contributed by atoms with Gasteiger partial charge in [0.15, 0.2) is 5.17 Å². The van der Waals surface area contributed by atoms with E-state index in [-0.39, 0.29) is 16.9 Å². The first-order chi connectivity index (χ1) is 11.6. The van der Waals surface area contributed by atoms with Crippen LogP contribution in [0.1, 0.15) is 11.1 Å². The lowest BCUT2D eigenvalue weighted by Gasteiger charge is -2.05. The van der Waals surface area contributed by atoms with Crippen LogP contribution in [0, 0.1) is 0 Å². The number of hydrogen-bond donors (Lipinski definition) is 2. The van der Waals surface area contributed by atoms with E-state index in [1.807, 2.05) is 12.1 Å². The maximum Gasteiger partial charge on any atom is 0.239 e. The van der Waals surface area contributed by atoms with Crippen LogP contribution in [0.3, 0.4) is 0 Å². The molecule has 0 aromatic heterocycles. The van der Waals surface area contributed by atoms with E-state index in [1.54, 1.807) is 36.4 Å². The Balaban J connectivity index is 1.63. The Morgan fingerprint density at radius 3 is 2.71 bits per heavy atom. The van der Waals surface area contributed by atoms with Gasteiger partial charge < -0.3 is 10.4 Å². The lowest BCUT2D eigenvalue weighted by Crippen LogP contribution is -2.25. The van der Waals surface area contributed by atoms with Gasteiger partial charge in [-0.3, -0.25) is 4.79 Å². The molecule has 7 heteroatoms. The van der Waals surface area contributed by atoms with Crippen LogP contribution in [0.2, 0.25) is 5.02 Å². The van der Waals surface area contributed by atoms with E-state index in [1.165, 1.54) is 18.0 Å². The summed E-state index contributed by atoms with van der Waals surface area (Å²) in [5.41, 5.74) is 1.60. The predicted molar refractivity (Wildman–Crippen MR) is 97.8 cm³/mol. The molecule has 2 aromatic carbocycles. The lowest BCUT2D eigenvalue weighted by molar-refractivity contribution is -0.118. The molecule has 0 bridgehead atoms. The second-order valence-corrected chi connectivity index (χ2v) is 6.76. The quantitative estimate of drug-likeness (QED) is 0.650. The number of benzene rings is 2. The first kappa shape index (κ1) is 16.5. The molecule has 5 nitrogen and oxygen atoms in total. The molecule has 2 aromatic rings. The molecule has 24 heavy (non-hydrogen) atoms. The Kier molecular flexibility index (Phi) is 5.17. The summed E-state index contributed by atoms with van der Waals surface area (Å²) in [5.74, 6) is 0.0385. The zero-order valence-corrected chi connectivity index (χ0v) is 14.1. The lowest BCUT2D eigenvalue weighted by atomic mass is 10.1.